The van der Waals surface area contributed by atoms with Crippen molar-refractivity contribution in [2.45, 2.75) is 38.5 Å². The molecular weight excluding hydrogens is 196 g/mol. The van der Waals surface area contributed by atoms with Crippen LogP contribution in [0.2, 0.25) is 0 Å². The summed E-state index contributed by atoms with van der Waals surface area (Å²) in [5.74, 6) is 0. The first-order valence-electron chi connectivity index (χ1n) is 6.30. The molecule has 0 saturated heterocycles. The number of nitrogens with zero attached hydrogens (tertiary/aromatic N) is 1. The highest BCUT2D eigenvalue weighted by Gasteiger charge is 2.16. The van der Waals surface area contributed by atoms with E-state index in [-0.39, 0.29) is 0 Å². The number of fused-ring (bicyclic) bond motifs is 2. The highest BCUT2D eigenvalue weighted by atomic mass is 14.8. The maximum absolute atomic E-state index is 4.84. The van der Waals surface area contributed by atoms with Crippen molar-refractivity contribution in [3.63, 3.8) is 0 Å². The van der Waals surface area contributed by atoms with E-state index in [1.165, 1.54) is 46.8 Å². The van der Waals surface area contributed by atoms with Crippen LogP contribution < -0.4 is 15.9 Å². The zero-order valence-electron chi connectivity index (χ0n) is 9.84. The molecule has 16 heavy (non-hydrogen) atoms. The average molecular weight is 214 g/mol. The van der Waals surface area contributed by atoms with Crippen LogP contribution in [0.1, 0.15) is 36.9 Å². The number of pyridine rings is 1. The molecule has 0 amide bonds. The highest BCUT2D eigenvalue weighted by molar-refractivity contribution is 5.59. The minimum atomic E-state index is 1.14. The van der Waals surface area contributed by atoms with Crippen molar-refractivity contribution in [3.8, 4) is 0 Å². The molecule has 84 valence electrons. The Morgan fingerprint density at radius 2 is 1.94 bits per heavy atom. The Balaban J connectivity index is 2.34. The third-order valence-electron chi connectivity index (χ3n) is 3.64. The summed E-state index contributed by atoms with van der Waals surface area (Å²) in [5, 5.41) is 5.94. The van der Waals surface area contributed by atoms with Crippen molar-refractivity contribution in [1.29, 1.82) is 0 Å². The molecule has 1 N–H and O–H groups in total. The molecule has 1 aromatic heterocycles. The fraction of sp³-hybridized carbons (Fsp3) is 0.500. The highest BCUT2D eigenvalue weighted by Crippen LogP contribution is 2.23. The van der Waals surface area contributed by atoms with E-state index in [1.807, 2.05) is 7.05 Å². The minimum absolute atomic E-state index is 1.14. The van der Waals surface area contributed by atoms with Gasteiger partial charge in [0.2, 0.25) is 0 Å². The Morgan fingerprint density at radius 3 is 2.81 bits per heavy atom. The van der Waals surface area contributed by atoms with Crippen molar-refractivity contribution >= 4 is 17.8 Å². The summed E-state index contributed by atoms with van der Waals surface area (Å²) in [6.45, 7) is 0. The first-order valence-corrected chi connectivity index (χ1v) is 6.30. The summed E-state index contributed by atoms with van der Waals surface area (Å²) in [7, 11) is 2.03. The lowest BCUT2D eigenvalue weighted by atomic mass is 9.93. The Hall–Kier alpha value is -1.31. The summed E-state index contributed by atoms with van der Waals surface area (Å²) >= 11 is 0. The van der Waals surface area contributed by atoms with Gasteiger partial charge in [-0.1, -0.05) is 12.2 Å². The molecule has 2 nitrogen and oxygen atoms in total. The predicted octanol–water partition coefficient (Wildman–Crippen LogP) is 1.36. The van der Waals surface area contributed by atoms with Gasteiger partial charge in [-0.3, -0.25) is 4.98 Å². The van der Waals surface area contributed by atoms with E-state index >= 15 is 0 Å². The van der Waals surface area contributed by atoms with Crippen LogP contribution in [0.15, 0.2) is 0 Å². The summed E-state index contributed by atoms with van der Waals surface area (Å²) in [6, 6.07) is 0. The minimum Gasteiger partial charge on any atom is -0.387 e. The maximum Gasteiger partial charge on any atom is 0.0683 e. The van der Waals surface area contributed by atoms with E-state index in [2.05, 4.69) is 17.5 Å². The Bertz CT molecular complexity index is 529. The van der Waals surface area contributed by atoms with Gasteiger partial charge in [-0.15, -0.1) is 0 Å². The average Bonchev–Trinajstić information content (AvgIpc) is 2.36. The van der Waals surface area contributed by atoms with Gasteiger partial charge in [-0.25, -0.2) is 0 Å². The Labute approximate surface area is 96.1 Å². The van der Waals surface area contributed by atoms with Crippen LogP contribution in [0.4, 0.5) is 5.69 Å². The molecular formula is C14H18N2. The van der Waals surface area contributed by atoms with Gasteiger partial charge in [0.05, 0.1) is 5.35 Å². The lowest BCUT2D eigenvalue weighted by molar-refractivity contribution is 0.665. The fourth-order valence-corrected chi connectivity index (χ4v) is 2.87. The van der Waals surface area contributed by atoms with Crippen LogP contribution in [0.5, 0.6) is 0 Å². The standard InChI is InChI=1S/C14H18N2/c1-15-14-10-6-2-4-8-12(10)16-13-9-5-3-7-11(13)14/h6,8,15H,2-5,7,9H2,1H3. The van der Waals surface area contributed by atoms with Crippen LogP contribution in [-0.4, -0.2) is 12.0 Å². The molecule has 0 fully saturated rings. The summed E-state index contributed by atoms with van der Waals surface area (Å²) in [6.07, 6.45) is 11.9. The van der Waals surface area contributed by atoms with Gasteiger partial charge in [0.15, 0.2) is 0 Å². The predicted molar refractivity (Wildman–Crippen MR) is 67.8 cm³/mol. The Morgan fingerprint density at radius 1 is 1.12 bits per heavy atom. The first-order chi connectivity index (χ1) is 7.90. The largest absolute Gasteiger partial charge is 0.387 e. The maximum atomic E-state index is 4.84. The summed E-state index contributed by atoms with van der Waals surface area (Å²) in [5.41, 5.74) is 4.15. The molecule has 1 heterocycles. The second-order valence-electron chi connectivity index (χ2n) is 4.65. The van der Waals surface area contributed by atoms with Crippen molar-refractivity contribution < 1.29 is 0 Å². The third-order valence-corrected chi connectivity index (χ3v) is 3.64. The van der Waals surface area contributed by atoms with Gasteiger partial charge < -0.3 is 5.32 Å². The second-order valence-corrected chi connectivity index (χ2v) is 4.65. The fourth-order valence-electron chi connectivity index (χ4n) is 2.87. The molecule has 0 aliphatic heterocycles. The first kappa shape index (κ1) is 9.88. The molecule has 0 radical (unpaired) electrons. The lowest BCUT2D eigenvalue weighted by Gasteiger charge is -2.20. The van der Waals surface area contributed by atoms with Crippen molar-refractivity contribution in [3.05, 3.63) is 21.8 Å². The van der Waals surface area contributed by atoms with Crippen LogP contribution in [0.25, 0.3) is 12.2 Å². The van der Waals surface area contributed by atoms with E-state index in [4.69, 9.17) is 4.98 Å². The summed E-state index contributed by atoms with van der Waals surface area (Å²) in [4.78, 5) is 4.84. The number of anilines is 1. The van der Waals surface area contributed by atoms with Crippen LogP contribution in [0, 0.1) is 0 Å². The third kappa shape index (κ3) is 1.44. The molecule has 0 spiro atoms. The second kappa shape index (κ2) is 3.93. The number of rotatable bonds is 1. The molecule has 2 aliphatic rings. The van der Waals surface area contributed by atoms with Gasteiger partial charge in [-0.2, -0.15) is 0 Å². The van der Waals surface area contributed by atoms with E-state index in [0.717, 1.165) is 19.3 Å². The van der Waals surface area contributed by atoms with Crippen LogP contribution >= 0.6 is 0 Å². The molecule has 0 saturated carbocycles. The number of aromatic nitrogens is 1. The number of hydrogen-bond donors (Lipinski definition) is 1. The molecule has 1 aromatic rings. The zero-order chi connectivity index (χ0) is 11.0. The lowest BCUT2D eigenvalue weighted by Crippen LogP contribution is -2.35. The van der Waals surface area contributed by atoms with Crippen molar-refractivity contribution in [1.82, 2.24) is 4.98 Å². The normalized spacial score (nSPS) is 17.8. The molecule has 0 atom stereocenters. The molecule has 0 unspecified atom stereocenters. The molecule has 2 aliphatic carbocycles. The Kier molecular flexibility index (Phi) is 2.43. The van der Waals surface area contributed by atoms with Crippen LogP contribution in [0.3, 0.4) is 0 Å². The topological polar surface area (TPSA) is 24.9 Å². The smallest absolute Gasteiger partial charge is 0.0683 e. The number of hydrogen-bond acceptors (Lipinski definition) is 2. The quantitative estimate of drug-likeness (QED) is 0.763. The molecule has 2 heteroatoms. The van der Waals surface area contributed by atoms with E-state index in [9.17, 15) is 0 Å². The van der Waals surface area contributed by atoms with Gasteiger partial charge >= 0.3 is 0 Å². The SMILES string of the molecule is CNc1c2c(nc3c1=CCCC=3)CCCC2. The monoisotopic (exact) mass is 214 g/mol. The zero-order valence-corrected chi connectivity index (χ0v) is 9.84. The van der Waals surface area contributed by atoms with E-state index < -0.39 is 0 Å². The molecule has 0 bridgehead atoms. The van der Waals surface area contributed by atoms with Gasteiger partial charge in [0, 0.05) is 23.6 Å². The van der Waals surface area contributed by atoms with E-state index in [1.54, 1.807) is 0 Å². The van der Waals surface area contributed by atoms with Gasteiger partial charge in [0.1, 0.15) is 0 Å². The van der Waals surface area contributed by atoms with Gasteiger partial charge in [-0.05, 0) is 44.1 Å². The van der Waals surface area contributed by atoms with E-state index in [0.29, 0.717) is 0 Å². The number of aryl methyl sites for hydroxylation is 1. The van der Waals surface area contributed by atoms with Gasteiger partial charge in [0.25, 0.3) is 0 Å². The molecule has 3 rings (SSSR count). The summed E-state index contributed by atoms with van der Waals surface area (Å²) < 4.78 is 0. The molecule has 0 aromatic carbocycles. The van der Waals surface area contributed by atoms with Crippen LogP contribution in [-0.2, 0) is 12.8 Å². The van der Waals surface area contributed by atoms with Crippen molar-refractivity contribution in [2.24, 2.45) is 0 Å². The number of nitrogens with one attached hydrogen (secondary N) is 1. The van der Waals surface area contributed by atoms with Crippen molar-refractivity contribution in [2.75, 3.05) is 12.4 Å².